The van der Waals surface area contributed by atoms with Crippen molar-refractivity contribution in [2.75, 3.05) is 0 Å². The van der Waals surface area contributed by atoms with Crippen LogP contribution in [-0.2, 0) is 0 Å². The van der Waals surface area contributed by atoms with Gasteiger partial charge in [-0.2, -0.15) is 0 Å². The number of halogens is 2. The van der Waals surface area contributed by atoms with E-state index in [1.807, 2.05) is 19.1 Å². The standard InChI is InChI=1S/C14H10I2O4/c1-7-4-8(15)5-11(16)13(7)20-9-2-3-10(14(18)19)12(17)6-9/h2-6,17H,1H3,(H,18,19). The van der Waals surface area contributed by atoms with Crippen LogP contribution in [0.3, 0.4) is 0 Å². The van der Waals surface area contributed by atoms with Crippen LogP contribution in [-0.4, -0.2) is 16.2 Å². The quantitative estimate of drug-likeness (QED) is 0.619. The molecular formula is C14H10I2O4. The van der Waals surface area contributed by atoms with E-state index in [9.17, 15) is 9.90 Å². The maximum Gasteiger partial charge on any atom is 0.339 e. The molecule has 2 aromatic rings. The molecule has 0 aliphatic carbocycles. The summed E-state index contributed by atoms with van der Waals surface area (Å²) in [6, 6.07) is 8.12. The number of ether oxygens (including phenoxy) is 1. The third-order valence-electron chi connectivity index (χ3n) is 2.61. The molecule has 0 saturated heterocycles. The van der Waals surface area contributed by atoms with Crippen molar-refractivity contribution >= 4 is 51.2 Å². The zero-order valence-corrected chi connectivity index (χ0v) is 14.7. The lowest BCUT2D eigenvalue weighted by Gasteiger charge is -2.12. The minimum atomic E-state index is -1.17. The Kier molecular flexibility index (Phi) is 4.74. The van der Waals surface area contributed by atoms with Crippen molar-refractivity contribution in [2.24, 2.45) is 0 Å². The van der Waals surface area contributed by atoms with Crippen molar-refractivity contribution in [3.63, 3.8) is 0 Å². The molecule has 0 aliphatic heterocycles. The second-order valence-corrected chi connectivity index (χ2v) is 6.53. The number of hydrogen-bond acceptors (Lipinski definition) is 3. The first kappa shape index (κ1) is 15.4. The first-order valence-corrected chi connectivity index (χ1v) is 7.74. The lowest BCUT2D eigenvalue weighted by Crippen LogP contribution is -1.97. The van der Waals surface area contributed by atoms with Gasteiger partial charge in [-0.15, -0.1) is 0 Å². The van der Waals surface area contributed by atoms with Gasteiger partial charge in [-0.3, -0.25) is 0 Å². The number of benzene rings is 2. The first-order valence-electron chi connectivity index (χ1n) is 5.58. The van der Waals surface area contributed by atoms with Crippen molar-refractivity contribution in [1.29, 1.82) is 0 Å². The highest BCUT2D eigenvalue weighted by Crippen LogP contribution is 2.33. The second-order valence-electron chi connectivity index (χ2n) is 4.12. The van der Waals surface area contributed by atoms with Gasteiger partial charge in [0.1, 0.15) is 22.8 Å². The van der Waals surface area contributed by atoms with E-state index >= 15 is 0 Å². The van der Waals surface area contributed by atoms with Gasteiger partial charge < -0.3 is 14.9 Å². The van der Waals surface area contributed by atoms with Crippen LogP contribution in [0.2, 0.25) is 0 Å². The molecule has 2 N–H and O–H groups in total. The molecule has 0 atom stereocenters. The fraction of sp³-hybridized carbons (Fsp3) is 0.0714. The normalized spacial score (nSPS) is 10.3. The van der Waals surface area contributed by atoms with Gasteiger partial charge in [-0.25, -0.2) is 4.79 Å². The summed E-state index contributed by atoms with van der Waals surface area (Å²) < 4.78 is 7.81. The molecule has 0 aliphatic rings. The highest BCUT2D eigenvalue weighted by molar-refractivity contribution is 14.1. The van der Waals surface area contributed by atoms with Crippen molar-refractivity contribution in [1.82, 2.24) is 0 Å². The Hall–Kier alpha value is -1.03. The summed E-state index contributed by atoms with van der Waals surface area (Å²) in [5.74, 6) is -0.384. The highest BCUT2D eigenvalue weighted by atomic mass is 127. The Morgan fingerprint density at radius 3 is 2.45 bits per heavy atom. The summed E-state index contributed by atoms with van der Waals surface area (Å²) in [6.45, 7) is 1.94. The molecule has 0 fully saturated rings. The molecule has 0 bridgehead atoms. The molecule has 104 valence electrons. The van der Waals surface area contributed by atoms with Crippen molar-refractivity contribution in [3.05, 3.63) is 48.6 Å². The van der Waals surface area contributed by atoms with Crippen molar-refractivity contribution in [3.8, 4) is 17.2 Å². The summed E-state index contributed by atoms with van der Waals surface area (Å²) in [5, 5.41) is 18.5. The number of hydrogen-bond donors (Lipinski definition) is 2. The molecule has 20 heavy (non-hydrogen) atoms. The molecule has 2 rings (SSSR count). The zero-order valence-electron chi connectivity index (χ0n) is 10.4. The highest BCUT2D eigenvalue weighted by Gasteiger charge is 2.12. The number of aromatic carboxylic acids is 1. The van der Waals surface area contributed by atoms with Gasteiger partial charge in [0.25, 0.3) is 0 Å². The molecule has 0 aromatic heterocycles. The van der Waals surface area contributed by atoms with E-state index in [1.165, 1.54) is 18.2 Å². The number of carbonyl (C=O) groups is 1. The van der Waals surface area contributed by atoms with Crippen LogP contribution >= 0.6 is 45.2 Å². The van der Waals surface area contributed by atoms with Gasteiger partial charge in [0.15, 0.2) is 0 Å². The van der Waals surface area contributed by atoms with Crippen LogP contribution in [0.15, 0.2) is 30.3 Å². The molecule has 2 aromatic carbocycles. The van der Waals surface area contributed by atoms with Crippen LogP contribution in [0.5, 0.6) is 17.2 Å². The smallest absolute Gasteiger partial charge is 0.339 e. The van der Waals surface area contributed by atoms with E-state index in [1.54, 1.807) is 0 Å². The minimum absolute atomic E-state index is 0.147. The molecule has 6 heteroatoms. The average molecular weight is 496 g/mol. The molecule has 0 radical (unpaired) electrons. The molecule has 0 spiro atoms. The van der Waals surface area contributed by atoms with Crippen molar-refractivity contribution < 1.29 is 19.7 Å². The number of aromatic hydroxyl groups is 1. The predicted octanol–water partition coefficient (Wildman–Crippen LogP) is 4.40. The molecule has 0 saturated carbocycles. The number of carboxylic acids is 1. The molecular weight excluding hydrogens is 486 g/mol. The summed E-state index contributed by atoms with van der Waals surface area (Å²) in [5.41, 5.74) is 0.828. The van der Waals surface area contributed by atoms with E-state index in [4.69, 9.17) is 9.84 Å². The summed E-state index contributed by atoms with van der Waals surface area (Å²) >= 11 is 4.41. The Balaban J connectivity index is 2.36. The van der Waals surface area contributed by atoms with Crippen LogP contribution in [0, 0.1) is 14.1 Å². The van der Waals surface area contributed by atoms with Crippen LogP contribution in [0.25, 0.3) is 0 Å². The predicted molar refractivity (Wildman–Crippen MR) is 91.8 cm³/mol. The van der Waals surface area contributed by atoms with Gasteiger partial charge in [0.05, 0.1) is 3.57 Å². The number of phenols is 1. The first-order chi connectivity index (χ1) is 9.38. The number of rotatable bonds is 3. The van der Waals surface area contributed by atoms with E-state index in [0.717, 1.165) is 12.7 Å². The third-order valence-corrected chi connectivity index (χ3v) is 4.04. The topological polar surface area (TPSA) is 66.8 Å². The monoisotopic (exact) mass is 496 g/mol. The van der Waals surface area contributed by atoms with Crippen molar-refractivity contribution in [2.45, 2.75) is 6.92 Å². The van der Waals surface area contributed by atoms with Crippen LogP contribution < -0.4 is 4.74 Å². The molecule has 0 unspecified atom stereocenters. The van der Waals surface area contributed by atoms with Gasteiger partial charge in [0.2, 0.25) is 0 Å². The maximum atomic E-state index is 10.8. The lowest BCUT2D eigenvalue weighted by atomic mass is 10.2. The lowest BCUT2D eigenvalue weighted by molar-refractivity contribution is 0.0693. The largest absolute Gasteiger partial charge is 0.507 e. The third kappa shape index (κ3) is 3.35. The van der Waals surface area contributed by atoms with E-state index in [-0.39, 0.29) is 11.3 Å². The van der Waals surface area contributed by atoms with Gasteiger partial charge >= 0.3 is 5.97 Å². The maximum absolute atomic E-state index is 10.8. The average Bonchev–Trinajstić information content (AvgIpc) is 2.33. The summed E-state index contributed by atoms with van der Waals surface area (Å²) in [4.78, 5) is 10.8. The summed E-state index contributed by atoms with van der Waals surface area (Å²) in [6.07, 6.45) is 0. The van der Waals surface area contributed by atoms with Crippen LogP contribution in [0.1, 0.15) is 15.9 Å². The number of aryl methyl sites for hydroxylation is 1. The van der Waals surface area contributed by atoms with E-state index in [2.05, 4.69) is 45.2 Å². The fourth-order valence-electron chi connectivity index (χ4n) is 1.69. The van der Waals surface area contributed by atoms with Gasteiger partial charge in [-0.1, -0.05) is 0 Å². The van der Waals surface area contributed by atoms with E-state index < -0.39 is 5.97 Å². The van der Waals surface area contributed by atoms with E-state index in [0.29, 0.717) is 11.5 Å². The second kappa shape index (κ2) is 6.17. The fourth-order valence-corrected chi connectivity index (χ4v) is 3.94. The summed E-state index contributed by atoms with van der Waals surface area (Å²) in [7, 11) is 0. The molecule has 4 nitrogen and oxygen atoms in total. The number of carboxylic acid groups (broad SMARTS) is 1. The Labute approximate surface area is 143 Å². The molecule has 0 heterocycles. The van der Waals surface area contributed by atoms with Gasteiger partial charge in [0, 0.05) is 9.64 Å². The van der Waals surface area contributed by atoms with Crippen LogP contribution in [0.4, 0.5) is 0 Å². The Morgan fingerprint density at radius 1 is 1.20 bits per heavy atom. The van der Waals surface area contributed by atoms with Gasteiger partial charge in [-0.05, 0) is 81.9 Å². The Morgan fingerprint density at radius 2 is 1.90 bits per heavy atom. The Bertz CT molecular complexity index is 660. The SMILES string of the molecule is Cc1cc(I)cc(I)c1Oc1ccc(C(=O)O)c(O)c1. The molecule has 0 amide bonds. The zero-order chi connectivity index (χ0) is 14.9. The minimum Gasteiger partial charge on any atom is -0.507 e.